The maximum absolute atomic E-state index is 12.7. The summed E-state index contributed by atoms with van der Waals surface area (Å²) in [5.41, 5.74) is 0.984. The maximum Gasteiger partial charge on any atom is 0.223 e. The van der Waals surface area contributed by atoms with Crippen molar-refractivity contribution in [1.82, 2.24) is 15.2 Å². The second-order valence-electron chi connectivity index (χ2n) is 6.61. The summed E-state index contributed by atoms with van der Waals surface area (Å²) in [5, 5.41) is 3.43. The Bertz CT molecular complexity index is 445. The molecule has 2 heterocycles. The number of amides is 1. The molecule has 1 aliphatic rings. The Hall–Kier alpha value is -1.13. The van der Waals surface area contributed by atoms with Crippen molar-refractivity contribution in [2.75, 3.05) is 13.1 Å². The number of pyridine rings is 1. The lowest BCUT2D eigenvalue weighted by molar-refractivity contribution is -0.134. The zero-order valence-corrected chi connectivity index (χ0v) is 15.1. The molecule has 1 aromatic rings. The van der Waals surface area contributed by atoms with Gasteiger partial charge in [0.15, 0.2) is 0 Å². The second kappa shape index (κ2) is 10.6. The van der Waals surface area contributed by atoms with E-state index in [-0.39, 0.29) is 18.3 Å². The second-order valence-corrected chi connectivity index (χ2v) is 6.61. The number of hydrogen-bond donors (Lipinski definition) is 1. The molecule has 130 valence electrons. The van der Waals surface area contributed by atoms with E-state index in [9.17, 15) is 4.79 Å². The van der Waals surface area contributed by atoms with Crippen LogP contribution >= 0.6 is 12.4 Å². The summed E-state index contributed by atoms with van der Waals surface area (Å²) in [4.78, 5) is 19.2. The van der Waals surface area contributed by atoms with E-state index in [4.69, 9.17) is 0 Å². The minimum atomic E-state index is 0. The number of nitrogens with zero attached hydrogens (tertiary/aromatic N) is 2. The van der Waals surface area contributed by atoms with Crippen molar-refractivity contribution in [3.05, 3.63) is 30.1 Å². The molecular weight excluding hydrogens is 310 g/mol. The lowest BCUT2D eigenvalue weighted by Crippen LogP contribution is -2.40. The highest BCUT2D eigenvalue weighted by Gasteiger charge is 2.24. The van der Waals surface area contributed by atoms with Crippen LogP contribution in [0.2, 0.25) is 0 Å². The molecule has 1 fully saturated rings. The SMILES string of the molecule is CC(C)CCC(=O)N(Cc1ccccn1)C1CCCNCC1.Cl. The van der Waals surface area contributed by atoms with E-state index in [1.54, 1.807) is 6.20 Å². The molecule has 1 unspecified atom stereocenters. The fraction of sp³-hybridized carbons (Fsp3) is 0.667. The molecule has 1 atom stereocenters. The van der Waals surface area contributed by atoms with Gasteiger partial charge in [0, 0.05) is 18.7 Å². The summed E-state index contributed by atoms with van der Waals surface area (Å²) in [6, 6.07) is 6.27. The largest absolute Gasteiger partial charge is 0.334 e. The van der Waals surface area contributed by atoms with E-state index in [2.05, 4.69) is 29.0 Å². The normalized spacial score (nSPS) is 18.1. The van der Waals surface area contributed by atoms with Gasteiger partial charge in [0.05, 0.1) is 12.2 Å². The quantitative estimate of drug-likeness (QED) is 0.863. The van der Waals surface area contributed by atoms with Gasteiger partial charge in [0.1, 0.15) is 0 Å². The maximum atomic E-state index is 12.7. The zero-order chi connectivity index (χ0) is 15.8. The third-order valence-corrected chi connectivity index (χ3v) is 4.30. The molecule has 0 aromatic carbocycles. The minimum absolute atomic E-state index is 0. The van der Waals surface area contributed by atoms with Crippen LogP contribution in [0.5, 0.6) is 0 Å². The van der Waals surface area contributed by atoms with Crippen LogP contribution in [0, 0.1) is 5.92 Å². The number of aromatic nitrogens is 1. The first kappa shape index (κ1) is 19.9. The summed E-state index contributed by atoms with van der Waals surface area (Å²) in [5.74, 6) is 0.850. The number of rotatable bonds is 6. The first-order valence-corrected chi connectivity index (χ1v) is 8.57. The molecule has 23 heavy (non-hydrogen) atoms. The first-order valence-electron chi connectivity index (χ1n) is 8.57. The fourth-order valence-corrected chi connectivity index (χ4v) is 2.96. The molecule has 2 rings (SSSR count). The molecular formula is C18H30ClN3O. The molecule has 1 aromatic heterocycles. The van der Waals surface area contributed by atoms with Crippen LogP contribution in [0.15, 0.2) is 24.4 Å². The molecule has 0 bridgehead atoms. The molecule has 0 radical (unpaired) electrons. The molecule has 1 amide bonds. The van der Waals surface area contributed by atoms with E-state index >= 15 is 0 Å². The molecule has 0 aliphatic carbocycles. The van der Waals surface area contributed by atoms with Crippen molar-refractivity contribution in [3.63, 3.8) is 0 Å². The van der Waals surface area contributed by atoms with Crippen LogP contribution in [0.4, 0.5) is 0 Å². The Kier molecular flexibility index (Phi) is 9.19. The summed E-state index contributed by atoms with van der Waals surface area (Å²) < 4.78 is 0. The summed E-state index contributed by atoms with van der Waals surface area (Å²) in [6.45, 7) is 7.05. The predicted octanol–water partition coefficient (Wildman–Crippen LogP) is 3.41. The zero-order valence-electron chi connectivity index (χ0n) is 14.3. The van der Waals surface area contributed by atoms with Gasteiger partial charge in [-0.05, 0) is 56.8 Å². The molecule has 1 N–H and O–H groups in total. The topological polar surface area (TPSA) is 45.2 Å². The van der Waals surface area contributed by atoms with E-state index in [1.807, 2.05) is 18.2 Å². The van der Waals surface area contributed by atoms with Crippen molar-refractivity contribution in [2.45, 2.75) is 58.5 Å². The van der Waals surface area contributed by atoms with Crippen molar-refractivity contribution in [1.29, 1.82) is 0 Å². The van der Waals surface area contributed by atoms with Gasteiger partial charge >= 0.3 is 0 Å². The molecule has 1 saturated heterocycles. The smallest absolute Gasteiger partial charge is 0.223 e. The number of carbonyl (C=O) groups excluding carboxylic acids is 1. The van der Waals surface area contributed by atoms with Crippen molar-refractivity contribution in [2.24, 2.45) is 5.92 Å². The number of halogens is 1. The van der Waals surface area contributed by atoms with Gasteiger partial charge in [-0.3, -0.25) is 9.78 Å². The van der Waals surface area contributed by atoms with Gasteiger partial charge in [-0.25, -0.2) is 0 Å². The van der Waals surface area contributed by atoms with Crippen LogP contribution in [0.3, 0.4) is 0 Å². The van der Waals surface area contributed by atoms with E-state index < -0.39 is 0 Å². The number of hydrogen-bond acceptors (Lipinski definition) is 3. The van der Waals surface area contributed by atoms with Crippen LogP contribution in [0.25, 0.3) is 0 Å². The van der Waals surface area contributed by atoms with Crippen LogP contribution in [-0.2, 0) is 11.3 Å². The third kappa shape index (κ3) is 6.88. The van der Waals surface area contributed by atoms with Crippen LogP contribution < -0.4 is 5.32 Å². The minimum Gasteiger partial charge on any atom is -0.334 e. The lowest BCUT2D eigenvalue weighted by atomic mass is 10.0. The highest BCUT2D eigenvalue weighted by atomic mass is 35.5. The number of nitrogens with one attached hydrogen (secondary N) is 1. The fourth-order valence-electron chi connectivity index (χ4n) is 2.96. The highest BCUT2D eigenvalue weighted by Crippen LogP contribution is 2.19. The van der Waals surface area contributed by atoms with E-state index in [0.717, 1.165) is 44.5 Å². The average molecular weight is 340 g/mol. The molecule has 5 heteroatoms. The lowest BCUT2D eigenvalue weighted by Gasteiger charge is -2.31. The predicted molar refractivity (Wildman–Crippen MR) is 96.6 cm³/mol. The highest BCUT2D eigenvalue weighted by molar-refractivity contribution is 5.85. The number of carbonyl (C=O) groups is 1. The van der Waals surface area contributed by atoms with Gasteiger partial charge in [-0.15, -0.1) is 12.4 Å². The Labute approximate surface area is 146 Å². The van der Waals surface area contributed by atoms with Crippen molar-refractivity contribution >= 4 is 18.3 Å². The van der Waals surface area contributed by atoms with Crippen molar-refractivity contribution < 1.29 is 4.79 Å². The Balaban J connectivity index is 0.00000264. The first-order chi connectivity index (χ1) is 10.7. The summed E-state index contributed by atoms with van der Waals surface area (Å²) in [7, 11) is 0. The monoisotopic (exact) mass is 339 g/mol. The van der Waals surface area contributed by atoms with Crippen LogP contribution in [0.1, 0.15) is 51.6 Å². The van der Waals surface area contributed by atoms with Crippen molar-refractivity contribution in [3.8, 4) is 0 Å². The molecule has 4 nitrogen and oxygen atoms in total. The van der Waals surface area contributed by atoms with E-state index in [0.29, 0.717) is 24.9 Å². The molecule has 0 saturated carbocycles. The molecule has 1 aliphatic heterocycles. The third-order valence-electron chi connectivity index (χ3n) is 4.30. The van der Waals surface area contributed by atoms with Crippen LogP contribution in [-0.4, -0.2) is 34.9 Å². The van der Waals surface area contributed by atoms with Gasteiger partial charge in [0.25, 0.3) is 0 Å². The molecule has 0 spiro atoms. The van der Waals surface area contributed by atoms with Gasteiger partial charge in [-0.2, -0.15) is 0 Å². The Morgan fingerprint density at radius 2 is 2.17 bits per heavy atom. The Morgan fingerprint density at radius 3 is 2.87 bits per heavy atom. The standard InChI is InChI=1S/C18H29N3O.ClH/c1-15(2)8-9-18(22)21(14-16-6-3-4-12-20-16)17-7-5-11-19-13-10-17;/h3-4,6,12,15,17,19H,5,7-11,13-14H2,1-2H3;1H. The van der Waals surface area contributed by atoms with E-state index in [1.165, 1.54) is 0 Å². The van der Waals surface area contributed by atoms with Gasteiger partial charge < -0.3 is 10.2 Å². The van der Waals surface area contributed by atoms with Gasteiger partial charge in [0.2, 0.25) is 5.91 Å². The average Bonchev–Trinajstić information content (AvgIpc) is 2.80. The Morgan fingerprint density at radius 1 is 1.35 bits per heavy atom. The summed E-state index contributed by atoms with van der Waals surface area (Å²) >= 11 is 0. The summed E-state index contributed by atoms with van der Waals surface area (Å²) in [6.07, 6.45) is 6.69. The van der Waals surface area contributed by atoms with Gasteiger partial charge in [-0.1, -0.05) is 19.9 Å².